The number of aromatic nitrogens is 1. The average Bonchev–Trinajstić information content (AvgIpc) is 2.42. The fraction of sp³-hybridized carbons (Fsp3) is 0.0769. The van der Waals surface area contributed by atoms with Gasteiger partial charge < -0.3 is 9.84 Å². The Balaban J connectivity index is 2.41. The highest BCUT2D eigenvalue weighted by molar-refractivity contribution is 6.33. The molecule has 0 saturated heterocycles. The summed E-state index contributed by atoms with van der Waals surface area (Å²) in [6, 6.07) is 5.51. The summed E-state index contributed by atoms with van der Waals surface area (Å²) in [4.78, 5) is 25.2. The number of hydrogen-bond acceptors (Lipinski definition) is 5. The molecular formula is C13H9ClN2O5. The molecule has 1 N–H and O–H groups in total. The first-order chi connectivity index (χ1) is 9.88. The molecule has 8 heteroatoms. The highest BCUT2D eigenvalue weighted by Gasteiger charge is 2.18. The molecule has 0 atom stereocenters. The number of pyridine rings is 1. The number of carbonyl (C=O) groups is 1. The minimum atomic E-state index is -1.24. The van der Waals surface area contributed by atoms with Crippen LogP contribution >= 0.6 is 11.6 Å². The normalized spacial score (nSPS) is 10.2. The van der Waals surface area contributed by atoms with Gasteiger partial charge in [0.15, 0.2) is 0 Å². The third kappa shape index (κ3) is 3.26. The molecule has 0 aliphatic heterocycles. The van der Waals surface area contributed by atoms with Gasteiger partial charge >= 0.3 is 11.7 Å². The Labute approximate surface area is 123 Å². The number of ether oxygens (including phenoxy) is 1. The summed E-state index contributed by atoms with van der Waals surface area (Å²) in [5.41, 5.74) is 0.268. The molecule has 0 saturated carbocycles. The molecule has 0 bridgehead atoms. The first-order valence-corrected chi connectivity index (χ1v) is 6.08. The van der Waals surface area contributed by atoms with Crippen LogP contribution in [-0.4, -0.2) is 21.0 Å². The van der Waals surface area contributed by atoms with Crippen molar-refractivity contribution in [3.8, 4) is 11.6 Å². The second kappa shape index (κ2) is 5.76. The zero-order valence-corrected chi connectivity index (χ0v) is 11.5. The van der Waals surface area contributed by atoms with Crippen molar-refractivity contribution in [2.45, 2.75) is 6.92 Å². The lowest BCUT2D eigenvalue weighted by Crippen LogP contribution is -2.00. The fourth-order valence-corrected chi connectivity index (χ4v) is 1.79. The van der Waals surface area contributed by atoms with E-state index in [1.807, 2.05) is 0 Å². The number of halogens is 1. The van der Waals surface area contributed by atoms with Gasteiger partial charge in [0.2, 0.25) is 11.6 Å². The standard InChI is InChI=1S/C13H9ClN2O5/c1-7-2-3-11(10(4-7)16(19)20)21-12-5-8(13(17)18)9(14)6-15-12/h2-6H,1H3,(H,17,18). The van der Waals surface area contributed by atoms with E-state index in [2.05, 4.69) is 4.98 Å². The Bertz CT molecular complexity index is 732. The van der Waals surface area contributed by atoms with Crippen LogP contribution in [0.2, 0.25) is 5.02 Å². The lowest BCUT2D eigenvalue weighted by molar-refractivity contribution is -0.385. The molecule has 0 amide bonds. The zero-order valence-electron chi connectivity index (χ0n) is 10.7. The number of aryl methyl sites for hydroxylation is 1. The first-order valence-electron chi connectivity index (χ1n) is 5.70. The minimum absolute atomic E-state index is 0.0308. The van der Waals surface area contributed by atoms with Crippen molar-refractivity contribution >= 4 is 23.3 Å². The molecule has 0 radical (unpaired) electrons. The number of rotatable bonds is 4. The van der Waals surface area contributed by atoms with Crippen molar-refractivity contribution in [3.63, 3.8) is 0 Å². The lowest BCUT2D eigenvalue weighted by Gasteiger charge is -2.07. The van der Waals surface area contributed by atoms with E-state index in [4.69, 9.17) is 21.4 Å². The van der Waals surface area contributed by atoms with E-state index in [0.717, 1.165) is 12.3 Å². The van der Waals surface area contributed by atoms with E-state index in [-0.39, 0.29) is 27.9 Å². The van der Waals surface area contributed by atoms with Crippen LogP contribution in [0.15, 0.2) is 30.5 Å². The van der Waals surface area contributed by atoms with Gasteiger partial charge in [-0.1, -0.05) is 17.7 Å². The van der Waals surface area contributed by atoms with Crippen LogP contribution in [0.1, 0.15) is 15.9 Å². The summed E-state index contributed by atoms with van der Waals surface area (Å²) in [5.74, 6) is -1.37. The molecule has 0 spiro atoms. The maximum absolute atomic E-state index is 11.0. The maximum atomic E-state index is 11.0. The second-order valence-corrected chi connectivity index (χ2v) is 4.55. The van der Waals surface area contributed by atoms with E-state index >= 15 is 0 Å². The fourth-order valence-electron chi connectivity index (χ4n) is 1.61. The van der Waals surface area contributed by atoms with Crippen molar-refractivity contribution in [2.75, 3.05) is 0 Å². The molecule has 2 aromatic rings. The second-order valence-electron chi connectivity index (χ2n) is 4.14. The van der Waals surface area contributed by atoms with Crippen LogP contribution in [0.5, 0.6) is 11.6 Å². The molecular weight excluding hydrogens is 300 g/mol. The van der Waals surface area contributed by atoms with Crippen LogP contribution < -0.4 is 4.74 Å². The van der Waals surface area contributed by atoms with Crippen molar-refractivity contribution in [3.05, 3.63) is 56.7 Å². The van der Waals surface area contributed by atoms with Gasteiger partial charge in [-0.3, -0.25) is 10.1 Å². The predicted molar refractivity (Wildman–Crippen MR) is 74.1 cm³/mol. The largest absolute Gasteiger partial charge is 0.478 e. The average molecular weight is 309 g/mol. The summed E-state index contributed by atoms with van der Waals surface area (Å²) in [6.45, 7) is 1.71. The van der Waals surface area contributed by atoms with Gasteiger partial charge in [0, 0.05) is 12.1 Å². The third-order valence-corrected chi connectivity index (χ3v) is 2.89. The molecule has 0 aliphatic carbocycles. The van der Waals surface area contributed by atoms with E-state index in [1.165, 1.54) is 12.1 Å². The molecule has 0 unspecified atom stereocenters. The number of aromatic carboxylic acids is 1. The zero-order chi connectivity index (χ0) is 15.6. The molecule has 0 fully saturated rings. The van der Waals surface area contributed by atoms with Crippen molar-refractivity contribution in [1.82, 2.24) is 4.98 Å². The Kier molecular flexibility index (Phi) is 4.04. The molecule has 1 heterocycles. The Morgan fingerprint density at radius 2 is 2.14 bits per heavy atom. The SMILES string of the molecule is Cc1ccc(Oc2cc(C(=O)O)c(Cl)cn2)c([N+](=O)[O-])c1. The van der Waals surface area contributed by atoms with Gasteiger partial charge in [-0.2, -0.15) is 0 Å². The summed E-state index contributed by atoms with van der Waals surface area (Å²) >= 11 is 5.69. The number of hydrogen-bond donors (Lipinski definition) is 1. The van der Waals surface area contributed by atoms with Crippen LogP contribution in [0.3, 0.4) is 0 Å². The third-order valence-electron chi connectivity index (χ3n) is 2.59. The van der Waals surface area contributed by atoms with Crippen molar-refractivity contribution in [2.24, 2.45) is 0 Å². The number of benzene rings is 1. The van der Waals surface area contributed by atoms with Crippen LogP contribution in [0.4, 0.5) is 5.69 Å². The van der Waals surface area contributed by atoms with Gasteiger partial charge in [0.25, 0.3) is 0 Å². The summed E-state index contributed by atoms with van der Waals surface area (Å²) < 4.78 is 5.30. The summed E-state index contributed by atoms with van der Waals surface area (Å²) in [5, 5.41) is 19.9. The highest BCUT2D eigenvalue weighted by Crippen LogP contribution is 2.32. The number of carboxylic acids is 1. The number of nitrogens with zero attached hydrogens (tertiary/aromatic N) is 2. The van der Waals surface area contributed by atoms with E-state index in [1.54, 1.807) is 13.0 Å². The highest BCUT2D eigenvalue weighted by atomic mass is 35.5. The van der Waals surface area contributed by atoms with Crippen LogP contribution in [-0.2, 0) is 0 Å². The molecule has 2 rings (SSSR count). The van der Waals surface area contributed by atoms with E-state index in [9.17, 15) is 14.9 Å². The topological polar surface area (TPSA) is 103 Å². The van der Waals surface area contributed by atoms with Gasteiger partial charge in [0.1, 0.15) is 0 Å². The molecule has 108 valence electrons. The van der Waals surface area contributed by atoms with E-state index < -0.39 is 10.9 Å². The Morgan fingerprint density at radius 1 is 1.43 bits per heavy atom. The molecule has 0 aliphatic rings. The minimum Gasteiger partial charge on any atom is -0.478 e. The van der Waals surface area contributed by atoms with Gasteiger partial charge in [-0.05, 0) is 18.6 Å². The quantitative estimate of drug-likeness (QED) is 0.685. The number of carboxylic acid groups (broad SMARTS) is 1. The number of nitro benzene ring substituents is 1. The maximum Gasteiger partial charge on any atom is 0.337 e. The van der Waals surface area contributed by atoms with Crippen LogP contribution in [0, 0.1) is 17.0 Å². The van der Waals surface area contributed by atoms with Crippen LogP contribution in [0.25, 0.3) is 0 Å². The van der Waals surface area contributed by atoms with Crippen molar-refractivity contribution in [1.29, 1.82) is 0 Å². The lowest BCUT2D eigenvalue weighted by atomic mass is 10.2. The van der Waals surface area contributed by atoms with Crippen molar-refractivity contribution < 1.29 is 19.6 Å². The molecule has 7 nitrogen and oxygen atoms in total. The van der Waals surface area contributed by atoms with E-state index in [0.29, 0.717) is 5.56 Å². The molecule has 1 aromatic heterocycles. The summed E-state index contributed by atoms with van der Waals surface area (Å²) in [6.07, 6.45) is 1.11. The first kappa shape index (κ1) is 14.7. The van der Waals surface area contributed by atoms with Gasteiger partial charge in [-0.15, -0.1) is 0 Å². The molecule has 21 heavy (non-hydrogen) atoms. The monoisotopic (exact) mass is 308 g/mol. The Morgan fingerprint density at radius 3 is 2.76 bits per heavy atom. The number of nitro groups is 1. The molecule has 1 aromatic carbocycles. The van der Waals surface area contributed by atoms with Gasteiger partial charge in [-0.25, -0.2) is 9.78 Å². The summed E-state index contributed by atoms with van der Waals surface area (Å²) in [7, 11) is 0. The predicted octanol–water partition coefficient (Wildman–Crippen LogP) is 3.44. The Hall–Kier alpha value is -2.67. The smallest absolute Gasteiger partial charge is 0.337 e. The van der Waals surface area contributed by atoms with Gasteiger partial charge in [0.05, 0.1) is 21.7 Å².